The molecule has 2 N–H and O–H groups in total. The number of pyridine rings is 1. The fourth-order valence-corrected chi connectivity index (χ4v) is 2.55. The summed E-state index contributed by atoms with van der Waals surface area (Å²) in [6, 6.07) is 3.43. The number of nitrogens with zero attached hydrogens (tertiary/aromatic N) is 3. The van der Waals surface area contributed by atoms with Gasteiger partial charge in [0.15, 0.2) is 5.60 Å². The first-order valence-electron chi connectivity index (χ1n) is 6.47. The number of H-pyrrole nitrogens is 1. The lowest BCUT2D eigenvalue weighted by Gasteiger charge is -2.21. The Morgan fingerprint density at radius 3 is 2.90 bits per heavy atom. The molecule has 6 heteroatoms. The van der Waals surface area contributed by atoms with E-state index in [1.54, 1.807) is 36.5 Å². The molecule has 3 heterocycles. The van der Waals surface area contributed by atoms with E-state index in [-0.39, 0.29) is 5.91 Å². The zero-order valence-corrected chi connectivity index (χ0v) is 11.4. The van der Waals surface area contributed by atoms with Crippen LogP contribution in [-0.4, -0.2) is 44.7 Å². The Labute approximate surface area is 116 Å². The molecule has 0 aromatic carbocycles. The second-order valence-electron chi connectivity index (χ2n) is 5.19. The molecule has 1 aliphatic rings. The lowest BCUT2D eigenvalue weighted by Crippen LogP contribution is -2.36. The van der Waals surface area contributed by atoms with Crippen LogP contribution in [0.15, 0.2) is 24.5 Å². The van der Waals surface area contributed by atoms with Crippen LogP contribution in [0.5, 0.6) is 0 Å². The number of aliphatic hydroxyl groups is 1. The van der Waals surface area contributed by atoms with Gasteiger partial charge in [0.1, 0.15) is 0 Å². The lowest BCUT2D eigenvalue weighted by atomic mass is 9.92. The molecular formula is C14H16N4O2. The zero-order chi connectivity index (χ0) is 14.3. The number of aryl methyl sites for hydroxylation is 1. The third-order valence-electron chi connectivity index (χ3n) is 3.83. The van der Waals surface area contributed by atoms with E-state index in [0.717, 1.165) is 11.3 Å². The summed E-state index contributed by atoms with van der Waals surface area (Å²) in [5.41, 5.74) is 1.57. The average molecular weight is 272 g/mol. The smallest absolute Gasteiger partial charge is 0.258 e. The number of amides is 1. The van der Waals surface area contributed by atoms with Gasteiger partial charge < -0.3 is 10.0 Å². The minimum Gasteiger partial charge on any atom is -0.375 e. The van der Waals surface area contributed by atoms with Gasteiger partial charge in [0, 0.05) is 26.2 Å². The number of nitrogens with one attached hydrogen (secondary N) is 1. The van der Waals surface area contributed by atoms with Crippen LogP contribution in [0.4, 0.5) is 0 Å². The number of carbonyl (C=O) groups excluding carboxylic acids is 1. The van der Waals surface area contributed by atoms with Crippen LogP contribution < -0.4 is 0 Å². The first kappa shape index (κ1) is 12.8. The highest BCUT2D eigenvalue weighted by atomic mass is 16.3. The first-order chi connectivity index (χ1) is 9.52. The molecule has 1 atom stereocenters. The predicted octanol–water partition coefficient (Wildman–Crippen LogP) is 0.830. The standard InChI is InChI=1S/C14H16N4O2/c1-9-8-16-17-12(9)11-7-10(3-5-15-11)14(20)4-6-18(2)13(14)19/h3,5,7-8,20H,4,6H2,1-2H3,(H,16,17)/t14-/m0/s1. The fourth-order valence-electron chi connectivity index (χ4n) is 2.55. The summed E-state index contributed by atoms with van der Waals surface area (Å²) in [6.45, 7) is 2.48. The molecule has 2 aromatic heterocycles. The summed E-state index contributed by atoms with van der Waals surface area (Å²) < 4.78 is 0. The number of likely N-dealkylation sites (tertiary alicyclic amines) is 1. The molecule has 3 rings (SSSR count). The first-order valence-corrected chi connectivity index (χ1v) is 6.47. The van der Waals surface area contributed by atoms with Crippen LogP contribution in [0.1, 0.15) is 17.5 Å². The van der Waals surface area contributed by atoms with E-state index in [2.05, 4.69) is 15.2 Å². The Kier molecular flexibility index (Phi) is 2.83. The maximum Gasteiger partial charge on any atom is 0.258 e. The molecule has 104 valence electrons. The fraction of sp³-hybridized carbons (Fsp3) is 0.357. The Hall–Kier alpha value is -2.21. The molecular weight excluding hydrogens is 256 g/mol. The monoisotopic (exact) mass is 272 g/mol. The van der Waals surface area contributed by atoms with E-state index < -0.39 is 5.60 Å². The number of likely N-dealkylation sites (N-methyl/N-ethyl adjacent to an activating group) is 1. The van der Waals surface area contributed by atoms with Crippen molar-refractivity contribution in [1.29, 1.82) is 0 Å². The SMILES string of the molecule is Cc1cn[nH]c1-c1cc([C@@]2(O)CCN(C)C2=O)ccn1. The summed E-state index contributed by atoms with van der Waals surface area (Å²) in [5.74, 6) is -0.268. The number of hydrogen-bond donors (Lipinski definition) is 2. The molecule has 6 nitrogen and oxygen atoms in total. The van der Waals surface area contributed by atoms with Gasteiger partial charge in [-0.05, 0) is 30.2 Å². The third kappa shape index (κ3) is 1.80. The van der Waals surface area contributed by atoms with E-state index in [1.807, 2.05) is 6.92 Å². The molecule has 2 aromatic rings. The van der Waals surface area contributed by atoms with E-state index >= 15 is 0 Å². The van der Waals surface area contributed by atoms with E-state index in [4.69, 9.17) is 0 Å². The molecule has 0 aliphatic carbocycles. The minimum atomic E-state index is -1.44. The second-order valence-corrected chi connectivity index (χ2v) is 5.19. The summed E-state index contributed by atoms with van der Waals surface area (Å²) in [7, 11) is 1.70. The maximum atomic E-state index is 12.1. The number of aromatic amines is 1. The van der Waals surface area contributed by atoms with Gasteiger partial charge >= 0.3 is 0 Å². The van der Waals surface area contributed by atoms with E-state index in [0.29, 0.717) is 24.2 Å². The Morgan fingerprint density at radius 1 is 1.50 bits per heavy atom. The molecule has 0 radical (unpaired) electrons. The predicted molar refractivity (Wildman–Crippen MR) is 72.7 cm³/mol. The third-order valence-corrected chi connectivity index (χ3v) is 3.83. The topological polar surface area (TPSA) is 82.1 Å². The van der Waals surface area contributed by atoms with Crippen LogP contribution in [0, 0.1) is 6.92 Å². The highest BCUT2D eigenvalue weighted by molar-refractivity contribution is 5.88. The zero-order valence-electron chi connectivity index (χ0n) is 11.4. The number of rotatable bonds is 2. The molecule has 1 saturated heterocycles. The van der Waals surface area contributed by atoms with Gasteiger partial charge in [-0.2, -0.15) is 5.10 Å². The van der Waals surface area contributed by atoms with Gasteiger partial charge in [-0.15, -0.1) is 0 Å². The number of hydrogen-bond acceptors (Lipinski definition) is 4. The van der Waals surface area contributed by atoms with Gasteiger partial charge in [0.25, 0.3) is 5.91 Å². The van der Waals surface area contributed by atoms with Gasteiger partial charge in [-0.3, -0.25) is 14.9 Å². The van der Waals surface area contributed by atoms with Gasteiger partial charge in [0.2, 0.25) is 0 Å². The summed E-state index contributed by atoms with van der Waals surface area (Å²) >= 11 is 0. The Balaban J connectivity index is 2.05. The van der Waals surface area contributed by atoms with E-state index in [1.165, 1.54) is 0 Å². The van der Waals surface area contributed by atoms with Crippen molar-refractivity contribution in [3.63, 3.8) is 0 Å². The van der Waals surface area contributed by atoms with Crippen molar-refractivity contribution in [3.05, 3.63) is 35.7 Å². The molecule has 1 aliphatic heterocycles. The van der Waals surface area contributed by atoms with Gasteiger partial charge in [-0.25, -0.2) is 0 Å². The quantitative estimate of drug-likeness (QED) is 0.848. The highest BCUT2D eigenvalue weighted by Crippen LogP contribution is 2.33. The van der Waals surface area contributed by atoms with Crippen LogP contribution >= 0.6 is 0 Å². The molecule has 1 fully saturated rings. The Bertz CT molecular complexity index is 667. The van der Waals surface area contributed by atoms with Crippen molar-refractivity contribution in [2.75, 3.05) is 13.6 Å². The summed E-state index contributed by atoms with van der Waals surface area (Å²) in [6.07, 6.45) is 3.72. The van der Waals surface area contributed by atoms with Crippen molar-refractivity contribution in [2.45, 2.75) is 18.9 Å². The number of aromatic nitrogens is 3. The summed E-state index contributed by atoms with van der Waals surface area (Å²) in [4.78, 5) is 18.0. The molecule has 0 unspecified atom stereocenters. The van der Waals surface area contributed by atoms with Crippen molar-refractivity contribution in [2.24, 2.45) is 0 Å². The van der Waals surface area contributed by atoms with E-state index in [9.17, 15) is 9.90 Å². The molecule has 0 spiro atoms. The van der Waals surface area contributed by atoms with Crippen molar-refractivity contribution >= 4 is 5.91 Å². The van der Waals surface area contributed by atoms with Crippen LogP contribution in [0.25, 0.3) is 11.4 Å². The minimum absolute atomic E-state index is 0.268. The molecule has 1 amide bonds. The van der Waals surface area contributed by atoms with Crippen LogP contribution in [0.3, 0.4) is 0 Å². The Morgan fingerprint density at radius 2 is 2.30 bits per heavy atom. The molecule has 0 bridgehead atoms. The normalized spacial score (nSPS) is 22.6. The van der Waals surface area contributed by atoms with Crippen molar-refractivity contribution in [1.82, 2.24) is 20.1 Å². The van der Waals surface area contributed by atoms with Crippen molar-refractivity contribution in [3.8, 4) is 11.4 Å². The summed E-state index contributed by atoms with van der Waals surface area (Å²) in [5, 5.41) is 17.5. The average Bonchev–Trinajstić information content (AvgIpc) is 2.99. The van der Waals surface area contributed by atoms with Gasteiger partial charge in [-0.1, -0.05) is 0 Å². The lowest BCUT2D eigenvalue weighted by molar-refractivity contribution is -0.143. The van der Waals surface area contributed by atoms with Gasteiger partial charge in [0.05, 0.1) is 17.6 Å². The second kappa shape index (κ2) is 4.42. The highest BCUT2D eigenvalue weighted by Gasteiger charge is 2.45. The van der Waals surface area contributed by atoms with Crippen LogP contribution in [0.2, 0.25) is 0 Å². The largest absolute Gasteiger partial charge is 0.375 e. The van der Waals surface area contributed by atoms with Crippen LogP contribution in [-0.2, 0) is 10.4 Å². The number of carbonyl (C=O) groups is 1. The molecule has 0 saturated carbocycles. The van der Waals surface area contributed by atoms with Crippen molar-refractivity contribution < 1.29 is 9.90 Å². The molecule has 20 heavy (non-hydrogen) atoms. The maximum absolute atomic E-state index is 12.1.